The molecule has 0 aliphatic carbocycles. The van der Waals surface area contributed by atoms with Crippen molar-refractivity contribution in [3.8, 4) is 0 Å². The van der Waals surface area contributed by atoms with Gasteiger partial charge in [0, 0.05) is 5.82 Å². The Labute approximate surface area is 71.2 Å². The zero-order chi connectivity index (χ0) is 9.14. The number of hydrogen-bond acceptors (Lipinski definition) is 4. The molecular weight excluding hydrogens is 157 g/mol. The minimum Gasteiger partial charge on any atom is -0.427 e. The van der Waals surface area contributed by atoms with Crippen molar-refractivity contribution in [3.05, 3.63) is 12.7 Å². The molecule has 2 N–H and O–H groups in total. The normalized spacial score (nSPS) is 15.7. The molecule has 6 heteroatoms. The van der Waals surface area contributed by atoms with Crippen LogP contribution in [0.25, 0.3) is 0 Å². The molecule has 0 fully saturated rings. The average molecular weight is 169 g/mol. The Kier molecular flexibility index (Phi) is 2.83. The maximum absolute atomic E-state index is 8.88. The highest BCUT2D eigenvalue weighted by Gasteiger charge is 2.25. The number of nitrogens with zero attached hydrogens (tertiary/aromatic N) is 3. The molecule has 0 aliphatic heterocycles. The third-order valence-corrected chi connectivity index (χ3v) is 2.09. The van der Waals surface area contributed by atoms with Crippen LogP contribution in [-0.2, 0) is 0 Å². The average Bonchev–Trinajstić information content (AvgIpc) is 2.53. The fraction of sp³-hybridized carbons (Fsp3) is 0.667. The SMILES string of the molecule is CC([C@@H](C)B(O)O)n1cncn1. The second-order valence-corrected chi connectivity index (χ2v) is 2.89. The second kappa shape index (κ2) is 3.69. The Bertz CT molecular complexity index is 227. The molecule has 0 aliphatic rings. The summed E-state index contributed by atoms with van der Waals surface area (Å²) in [5, 5.41) is 21.7. The molecule has 2 atom stereocenters. The van der Waals surface area contributed by atoms with Crippen molar-refractivity contribution in [2.75, 3.05) is 0 Å². The van der Waals surface area contributed by atoms with E-state index >= 15 is 0 Å². The first-order valence-electron chi connectivity index (χ1n) is 3.83. The number of hydrogen-bond donors (Lipinski definition) is 2. The van der Waals surface area contributed by atoms with E-state index in [-0.39, 0.29) is 11.9 Å². The highest BCUT2D eigenvalue weighted by molar-refractivity contribution is 6.43. The number of rotatable bonds is 3. The van der Waals surface area contributed by atoms with E-state index in [0.29, 0.717) is 0 Å². The molecule has 0 saturated carbocycles. The third-order valence-electron chi connectivity index (χ3n) is 2.09. The summed E-state index contributed by atoms with van der Waals surface area (Å²) in [6, 6.07) is -0.0625. The van der Waals surface area contributed by atoms with Gasteiger partial charge in [0.05, 0.1) is 6.04 Å². The van der Waals surface area contributed by atoms with Gasteiger partial charge in [-0.1, -0.05) is 6.92 Å². The van der Waals surface area contributed by atoms with Crippen LogP contribution in [0.1, 0.15) is 19.9 Å². The Hall–Kier alpha value is -0.875. The summed E-state index contributed by atoms with van der Waals surface area (Å²) < 4.78 is 1.60. The summed E-state index contributed by atoms with van der Waals surface area (Å²) in [7, 11) is -1.32. The summed E-state index contributed by atoms with van der Waals surface area (Å²) in [6.07, 6.45) is 2.98. The molecule has 12 heavy (non-hydrogen) atoms. The van der Waals surface area contributed by atoms with Crippen LogP contribution >= 0.6 is 0 Å². The van der Waals surface area contributed by atoms with Gasteiger partial charge in [-0.05, 0) is 6.92 Å². The quantitative estimate of drug-likeness (QED) is 0.609. The van der Waals surface area contributed by atoms with Gasteiger partial charge in [-0.15, -0.1) is 0 Å². The van der Waals surface area contributed by atoms with Crippen molar-refractivity contribution in [2.45, 2.75) is 25.7 Å². The van der Waals surface area contributed by atoms with E-state index in [9.17, 15) is 0 Å². The van der Waals surface area contributed by atoms with Crippen LogP contribution in [0.2, 0.25) is 5.82 Å². The molecule has 0 spiro atoms. The van der Waals surface area contributed by atoms with Gasteiger partial charge < -0.3 is 10.0 Å². The van der Waals surface area contributed by atoms with Crippen LogP contribution in [0.4, 0.5) is 0 Å². The monoisotopic (exact) mass is 169 g/mol. The summed E-state index contributed by atoms with van der Waals surface area (Å²) >= 11 is 0. The molecule has 1 aromatic rings. The lowest BCUT2D eigenvalue weighted by Gasteiger charge is -2.18. The van der Waals surface area contributed by atoms with Gasteiger partial charge >= 0.3 is 7.12 Å². The Morgan fingerprint density at radius 1 is 1.42 bits per heavy atom. The van der Waals surface area contributed by atoms with E-state index < -0.39 is 7.12 Å². The zero-order valence-corrected chi connectivity index (χ0v) is 7.12. The lowest BCUT2D eigenvalue weighted by Crippen LogP contribution is -2.25. The maximum atomic E-state index is 8.88. The predicted molar refractivity (Wildman–Crippen MR) is 44.3 cm³/mol. The molecule has 1 unspecified atom stereocenters. The minimum atomic E-state index is -1.32. The van der Waals surface area contributed by atoms with Gasteiger partial charge in [0.25, 0.3) is 0 Å². The summed E-state index contributed by atoms with van der Waals surface area (Å²) in [5.41, 5.74) is 0. The fourth-order valence-electron chi connectivity index (χ4n) is 0.918. The molecule has 0 amide bonds. The molecule has 66 valence electrons. The lowest BCUT2D eigenvalue weighted by atomic mass is 9.70. The maximum Gasteiger partial charge on any atom is 0.456 e. The molecule has 1 rings (SSSR count). The molecule has 5 nitrogen and oxygen atoms in total. The largest absolute Gasteiger partial charge is 0.456 e. The lowest BCUT2D eigenvalue weighted by molar-refractivity contribution is 0.349. The highest BCUT2D eigenvalue weighted by Crippen LogP contribution is 2.21. The van der Waals surface area contributed by atoms with E-state index in [1.54, 1.807) is 17.9 Å². The van der Waals surface area contributed by atoms with Crippen molar-refractivity contribution >= 4 is 7.12 Å². The van der Waals surface area contributed by atoms with E-state index in [0.717, 1.165) is 0 Å². The van der Waals surface area contributed by atoms with Crippen LogP contribution in [0.15, 0.2) is 12.7 Å². The van der Waals surface area contributed by atoms with Gasteiger partial charge in [-0.3, -0.25) is 4.68 Å². The smallest absolute Gasteiger partial charge is 0.427 e. The highest BCUT2D eigenvalue weighted by atomic mass is 16.4. The van der Waals surface area contributed by atoms with Crippen molar-refractivity contribution in [3.63, 3.8) is 0 Å². The van der Waals surface area contributed by atoms with E-state index in [1.165, 1.54) is 6.33 Å². The van der Waals surface area contributed by atoms with Gasteiger partial charge in [-0.2, -0.15) is 5.10 Å². The minimum absolute atomic E-state index is 0.0625. The number of aromatic nitrogens is 3. The Morgan fingerprint density at radius 3 is 2.50 bits per heavy atom. The van der Waals surface area contributed by atoms with Crippen molar-refractivity contribution in [2.24, 2.45) is 0 Å². The summed E-state index contributed by atoms with van der Waals surface area (Å²) in [5.74, 6) is -0.258. The van der Waals surface area contributed by atoms with Gasteiger partial charge in [0.2, 0.25) is 0 Å². The van der Waals surface area contributed by atoms with Crippen LogP contribution in [-0.4, -0.2) is 31.9 Å². The summed E-state index contributed by atoms with van der Waals surface area (Å²) in [4.78, 5) is 3.77. The first-order valence-corrected chi connectivity index (χ1v) is 3.83. The first kappa shape index (κ1) is 9.21. The van der Waals surface area contributed by atoms with Crippen molar-refractivity contribution in [1.82, 2.24) is 14.8 Å². The standard InChI is InChI=1S/C6H12BN3O2/c1-5(7(11)12)6(2)10-4-8-3-9-10/h3-6,11-12H,1-2H3/t5-,6?/m1/s1. The van der Waals surface area contributed by atoms with Crippen molar-refractivity contribution < 1.29 is 10.0 Å². The molecule has 0 radical (unpaired) electrons. The van der Waals surface area contributed by atoms with E-state index in [1.807, 2.05) is 6.92 Å². The van der Waals surface area contributed by atoms with Gasteiger partial charge in [0.15, 0.2) is 0 Å². The predicted octanol–water partition coefficient (Wildman–Crippen LogP) is -0.298. The molecule has 0 aromatic carbocycles. The molecule has 0 saturated heterocycles. The van der Waals surface area contributed by atoms with Crippen LogP contribution < -0.4 is 0 Å². The van der Waals surface area contributed by atoms with Gasteiger partial charge in [-0.25, -0.2) is 4.98 Å². The first-order chi connectivity index (χ1) is 5.63. The third kappa shape index (κ3) is 1.83. The van der Waals surface area contributed by atoms with Crippen LogP contribution in [0, 0.1) is 0 Å². The molecule has 1 heterocycles. The van der Waals surface area contributed by atoms with Crippen molar-refractivity contribution in [1.29, 1.82) is 0 Å². The molecular formula is C6H12BN3O2. The topological polar surface area (TPSA) is 71.2 Å². The molecule has 1 aromatic heterocycles. The Morgan fingerprint density at radius 2 is 2.08 bits per heavy atom. The van der Waals surface area contributed by atoms with E-state index in [4.69, 9.17) is 10.0 Å². The van der Waals surface area contributed by atoms with Crippen LogP contribution in [0.5, 0.6) is 0 Å². The van der Waals surface area contributed by atoms with Gasteiger partial charge in [0.1, 0.15) is 12.7 Å². The Balaban J connectivity index is 2.65. The second-order valence-electron chi connectivity index (χ2n) is 2.89. The van der Waals surface area contributed by atoms with E-state index in [2.05, 4.69) is 10.1 Å². The summed E-state index contributed by atoms with van der Waals surface area (Å²) in [6.45, 7) is 3.61. The van der Waals surface area contributed by atoms with Crippen LogP contribution in [0.3, 0.4) is 0 Å². The fourth-order valence-corrected chi connectivity index (χ4v) is 0.918. The molecule has 0 bridgehead atoms. The zero-order valence-electron chi connectivity index (χ0n) is 7.12.